The zero-order valence-corrected chi connectivity index (χ0v) is 11.6. The minimum Gasteiger partial charge on any atom is -0.427 e. The van der Waals surface area contributed by atoms with E-state index >= 15 is 0 Å². The van der Waals surface area contributed by atoms with Crippen LogP contribution in [0.4, 0.5) is 0 Å². The lowest BCUT2D eigenvalue weighted by atomic mass is 10.1. The van der Waals surface area contributed by atoms with E-state index in [0.717, 1.165) is 21.8 Å². The minimum absolute atomic E-state index is 0.366. The maximum absolute atomic E-state index is 11.0. The van der Waals surface area contributed by atoms with Crippen molar-refractivity contribution in [2.45, 2.75) is 13.8 Å². The number of esters is 2. The number of fused-ring (bicyclic) bond motifs is 3. The summed E-state index contributed by atoms with van der Waals surface area (Å²) in [6.07, 6.45) is 0. The number of hydrogen-bond donors (Lipinski definition) is 1. The molecule has 1 N–H and O–H groups in total. The molecule has 3 aromatic rings. The van der Waals surface area contributed by atoms with E-state index in [4.69, 9.17) is 9.47 Å². The highest BCUT2D eigenvalue weighted by molar-refractivity contribution is 6.08. The summed E-state index contributed by atoms with van der Waals surface area (Å²) in [5, 5.41) is 1.80. The second kappa shape index (κ2) is 4.94. The number of H-pyrrole nitrogens is 1. The van der Waals surface area contributed by atoms with Crippen LogP contribution in [0.15, 0.2) is 36.4 Å². The first kappa shape index (κ1) is 13.2. The molecule has 0 saturated carbocycles. The Kier molecular flexibility index (Phi) is 3.10. The highest BCUT2D eigenvalue weighted by Crippen LogP contribution is 2.31. The Hall–Kier alpha value is -2.82. The molecule has 0 atom stereocenters. The van der Waals surface area contributed by atoms with E-state index in [9.17, 15) is 9.59 Å². The van der Waals surface area contributed by atoms with E-state index < -0.39 is 0 Å². The quantitative estimate of drug-likeness (QED) is 0.579. The second-order valence-electron chi connectivity index (χ2n) is 4.73. The smallest absolute Gasteiger partial charge is 0.308 e. The van der Waals surface area contributed by atoms with Crippen molar-refractivity contribution in [3.05, 3.63) is 36.4 Å². The summed E-state index contributed by atoms with van der Waals surface area (Å²) in [7, 11) is 0. The highest BCUT2D eigenvalue weighted by atomic mass is 16.5. The van der Waals surface area contributed by atoms with Crippen LogP contribution < -0.4 is 9.47 Å². The fourth-order valence-electron chi connectivity index (χ4n) is 2.31. The predicted octanol–water partition coefficient (Wildman–Crippen LogP) is 3.17. The molecule has 5 nitrogen and oxygen atoms in total. The average Bonchev–Trinajstić information content (AvgIpc) is 2.75. The molecule has 0 spiro atoms. The van der Waals surface area contributed by atoms with Crippen molar-refractivity contribution < 1.29 is 19.1 Å². The van der Waals surface area contributed by atoms with Gasteiger partial charge >= 0.3 is 11.9 Å². The average molecular weight is 283 g/mol. The number of ether oxygens (including phenoxy) is 2. The molecule has 1 heterocycles. The number of aromatic nitrogens is 1. The van der Waals surface area contributed by atoms with Crippen LogP contribution in [-0.2, 0) is 9.59 Å². The first-order valence-electron chi connectivity index (χ1n) is 6.45. The summed E-state index contributed by atoms with van der Waals surface area (Å²) in [6.45, 7) is 2.72. The first-order valence-corrected chi connectivity index (χ1v) is 6.45. The molecule has 2 aromatic carbocycles. The lowest BCUT2D eigenvalue weighted by Crippen LogP contribution is -2.01. The van der Waals surface area contributed by atoms with Gasteiger partial charge in [-0.3, -0.25) is 9.59 Å². The summed E-state index contributed by atoms with van der Waals surface area (Å²) in [5.74, 6) is 0.229. The Labute approximate surface area is 120 Å². The SMILES string of the molecule is CC(=O)Oc1ccc2[nH]c3ccc(OC(C)=O)cc3c2c1. The van der Waals surface area contributed by atoms with Crippen molar-refractivity contribution in [3.8, 4) is 11.5 Å². The molecular formula is C16H13NO4. The Morgan fingerprint density at radius 1 is 0.810 bits per heavy atom. The highest BCUT2D eigenvalue weighted by Gasteiger charge is 2.09. The van der Waals surface area contributed by atoms with Gasteiger partial charge < -0.3 is 14.5 Å². The molecule has 0 aliphatic heterocycles. The molecule has 0 aliphatic rings. The summed E-state index contributed by atoms with van der Waals surface area (Å²) in [5.41, 5.74) is 1.83. The van der Waals surface area contributed by atoms with Gasteiger partial charge in [-0.1, -0.05) is 0 Å². The molecular weight excluding hydrogens is 270 g/mol. The van der Waals surface area contributed by atoms with E-state index in [1.54, 1.807) is 24.3 Å². The molecule has 1 aromatic heterocycles. The maximum atomic E-state index is 11.0. The van der Waals surface area contributed by atoms with E-state index in [1.807, 2.05) is 12.1 Å². The van der Waals surface area contributed by atoms with E-state index in [1.165, 1.54) is 13.8 Å². The molecule has 0 amide bonds. The zero-order chi connectivity index (χ0) is 15.0. The van der Waals surface area contributed by atoms with Gasteiger partial charge in [-0.05, 0) is 36.4 Å². The summed E-state index contributed by atoms with van der Waals surface area (Å²) in [6, 6.07) is 10.7. The second-order valence-corrected chi connectivity index (χ2v) is 4.73. The summed E-state index contributed by atoms with van der Waals surface area (Å²) < 4.78 is 10.2. The molecule has 3 rings (SSSR count). The predicted molar refractivity (Wildman–Crippen MR) is 78.4 cm³/mol. The monoisotopic (exact) mass is 283 g/mol. The number of rotatable bonds is 2. The molecule has 0 aliphatic carbocycles. The Balaban J connectivity index is 2.16. The lowest BCUT2D eigenvalue weighted by molar-refractivity contribution is -0.132. The van der Waals surface area contributed by atoms with Crippen LogP contribution in [0.5, 0.6) is 11.5 Å². The van der Waals surface area contributed by atoms with Crippen molar-refractivity contribution in [1.82, 2.24) is 4.98 Å². The van der Waals surface area contributed by atoms with E-state index in [-0.39, 0.29) is 11.9 Å². The molecule has 21 heavy (non-hydrogen) atoms. The van der Waals surface area contributed by atoms with Gasteiger partial charge in [0.05, 0.1) is 0 Å². The van der Waals surface area contributed by atoms with Gasteiger partial charge in [0.15, 0.2) is 0 Å². The normalized spacial score (nSPS) is 10.8. The summed E-state index contributed by atoms with van der Waals surface area (Å²) in [4.78, 5) is 25.3. The van der Waals surface area contributed by atoms with E-state index in [0.29, 0.717) is 11.5 Å². The molecule has 0 radical (unpaired) electrons. The van der Waals surface area contributed by atoms with Crippen LogP contribution in [0, 0.1) is 0 Å². The van der Waals surface area contributed by atoms with Crippen LogP contribution in [0.2, 0.25) is 0 Å². The van der Waals surface area contributed by atoms with Crippen LogP contribution >= 0.6 is 0 Å². The standard InChI is InChI=1S/C16H13NO4/c1-9(18)20-11-3-5-15-13(7-11)14-8-12(21-10(2)19)4-6-16(14)17-15/h3-8,17H,1-2H3. The van der Waals surface area contributed by atoms with Crippen molar-refractivity contribution in [1.29, 1.82) is 0 Å². The maximum Gasteiger partial charge on any atom is 0.308 e. The van der Waals surface area contributed by atoms with Crippen LogP contribution in [0.1, 0.15) is 13.8 Å². The van der Waals surface area contributed by atoms with Crippen molar-refractivity contribution in [3.63, 3.8) is 0 Å². The third-order valence-electron chi connectivity index (χ3n) is 3.06. The Morgan fingerprint density at radius 3 is 1.62 bits per heavy atom. The van der Waals surface area contributed by atoms with Gasteiger partial charge in [0.25, 0.3) is 0 Å². The number of nitrogens with one attached hydrogen (secondary N) is 1. The van der Waals surface area contributed by atoms with Gasteiger partial charge in [0.1, 0.15) is 11.5 Å². The fraction of sp³-hybridized carbons (Fsp3) is 0.125. The van der Waals surface area contributed by atoms with Crippen LogP contribution in [0.25, 0.3) is 21.8 Å². The molecule has 106 valence electrons. The molecule has 0 fully saturated rings. The Morgan fingerprint density at radius 2 is 1.24 bits per heavy atom. The molecule has 0 saturated heterocycles. The van der Waals surface area contributed by atoms with E-state index in [2.05, 4.69) is 4.98 Å². The topological polar surface area (TPSA) is 68.4 Å². The number of benzene rings is 2. The fourth-order valence-corrected chi connectivity index (χ4v) is 2.31. The van der Waals surface area contributed by atoms with Crippen molar-refractivity contribution >= 4 is 33.7 Å². The largest absolute Gasteiger partial charge is 0.427 e. The summed E-state index contributed by atoms with van der Waals surface area (Å²) >= 11 is 0. The number of carbonyl (C=O) groups excluding carboxylic acids is 2. The Bertz CT molecular complexity index is 793. The molecule has 5 heteroatoms. The number of aromatic amines is 1. The van der Waals surface area contributed by atoms with Crippen molar-refractivity contribution in [2.75, 3.05) is 0 Å². The van der Waals surface area contributed by atoms with Gasteiger partial charge in [-0.25, -0.2) is 0 Å². The first-order chi connectivity index (χ1) is 10.0. The van der Waals surface area contributed by atoms with Crippen LogP contribution in [-0.4, -0.2) is 16.9 Å². The van der Waals surface area contributed by atoms with Gasteiger partial charge in [0.2, 0.25) is 0 Å². The number of carbonyl (C=O) groups is 2. The van der Waals surface area contributed by atoms with Gasteiger partial charge in [-0.15, -0.1) is 0 Å². The molecule has 0 bridgehead atoms. The minimum atomic E-state index is -0.366. The number of hydrogen-bond acceptors (Lipinski definition) is 4. The zero-order valence-electron chi connectivity index (χ0n) is 11.6. The third-order valence-corrected chi connectivity index (χ3v) is 3.06. The van der Waals surface area contributed by atoms with Crippen LogP contribution in [0.3, 0.4) is 0 Å². The van der Waals surface area contributed by atoms with Gasteiger partial charge in [0, 0.05) is 35.7 Å². The lowest BCUT2D eigenvalue weighted by Gasteiger charge is -2.02. The molecule has 0 unspecified atom stereocenters. The third kappa shape index (κ3) is 2.58. The van der Waals surface area contributed by atoms with Crippen molar-refractivity contribution in [2.24, 2.45) is 0 Å². The van der Waals surface area contributed by atoms with Gasteiger partial charge in [-0.2, -0.15) is 0 Å².